The number of nitrogens with zero attached hydrogens (tertiary/aromatic N) is 3. The highest BCUT2D eigenvalue weighted by atomic mass is 32.2. The van der Waals surface area contributed by atoms with Crippen LogP contribution in [0.5, 0.6) is 5.88 Å². The fourth-order valence-corrected chi connectivity index (χ4v) is 3.40. The molecular weight excluding hydrogens is 390 g/mol. The summed E-state index contributed by atoms with van der Waals surface area (Å²) in [6.45, 7) is 0. The Bertz CT molecular complexity index is 1290. The second-order valence-electron chi connectivity index (χ2n) is 6.22. The zero-order chi connectivity index (χ0) is 20.4. The van der Waals surface area contributed by atoms with Crippen molar-refractivity contribution in [3.05, 3.63) is 67.0 Å². The number of hydrogen-bond acceptors (Lipinski definition) is 7. The minimum atomic E-state index is -3.73. The van der Waals surface area contributed by atoms with Crippen molar-refractivity contribution in [1.29, 1.82) is 0 Å². The van der Waals surface area contributed by atoms with Crippen molar-refractivity contribution in [2.75, 3.05) is 12.4 Å². The number of fused-ring (bicyclic) bond motifs is 1. The lowest BCUT2D eigenvalue weighted by atomic mass is 10.1. The van der Waals surface area contributed by atoms with E-state index in [0.29, 0.717) is 17.5 Å². The van der Waals surface area contributed by atoms with Crippen LogP contribution in [0.15, 0.2) is 71.9 Å². The maximum atomic E-state index is 11.4. The zero-order valence-corrected chi connectivity index (χ0v) is 16.2. The van der Waals surface area contributed by atoms with Gasteiger partial charge in [-0.2, -0.15) is 0 Å². The molecule has 0 saturated carbocycles. The molecule has 2 heterocycles. The predicted octanol–water partition coefficient (Wildman–Crippen LogP) is 3.09. The summed E-state index contributed by atoms with van der Waals surface area (Å²) in [4.78, 5) is 13.1. The summed E-state index contributed by atoms with van der Waals surface area (Å²) in [7, 11) is -2.15. The number of nitrogens with one attached hydrogen (secondary N) is 1. The lowest BCUT2D eigenvalue weighted by molar-refractivity contribution is 0.399. The number of aromatic nitrogens is 3. The fraction of sp³-hybridized carbons (Fsp3) is 0.0500. The number of benzene rings is 2. The highest BCUT2D eigenvalue weighted by Crippen LogP contribution is 2.30. The predicted molar refractivity (Wildman–Crippen MR) is 110 cm³/mol. The van der Waals surface area contributed by atoms with Gasteiger partial charge in [-0.3, -0.25) is 0 Å². The summed E-state index contributed by atoms with van der Waals surface area (Å²) in [5, 5.41) is 9.06. The lowest BCUT2D eigenvalue weighted by Gasteiger charge is -2.09. The van der Waals surface area contributed by atoms with Crippen LogP contribution in [0.3, 0.4) is 0 Å². The molecule has 0 aliphatic carbocycles. The van der Waals surface area contributed by atoms with Crippen LogP contribution in [0.1, 0.15) is 0 Å². The van der Waals surface area contributed by atoms with E-state index >= 15 is 0 Å². The molecule has 0 aliphatic rings. The molecule has 0 amide bonds. The second-order valence-corrected chi connectivity index (χ2v) is 7.78. The van der Waals surface area contributed by atoms with E-state index in [9.17, 15) is 8.42 Å². The standard InChI is InChI=1S/C20H17N5O3S/c1-28-19-17(3-2-10-22-19)13-4-5-14-12-23-20(25-18(14)11-13)24-15-6-8-16(9-7-15)29(21,26)27/h2-12H,1H3,(H2,21,26,27)(H,23,24,25). The van der Waals surface area contributed by atoms with Gasteiger partial charge in [0.15, 0.2) is 0 Å². The number of methoxy groups -OCH3 is 1. The Morgan fingerprint density at radius 2 is 1.83 bits per heavy atom. The summed E-state index contributed by atoms with van der Waals surface area (Å²) in [5.41, 5.74) is 3.17. The molecule has 0 spiro atoms. The summed E-state index contributed by atoms with van der Waals surface area (Å²) in [6.07, 6.45) is 3.39. The van der Waals surface area contributed by atoms with Gasteiger partial charge in [0.2, 0.25) is 21.9 Å². The number of nitrogens with two attached hydrogens (primary N) is 1. The SMILES string of the molecule is COc1ncccc1-c1ccc2cnc(Nc3ccc(S(N)(=O)=O)cc3)nc2c1. The van der Waals surface area contributed by atoms with Crippen LogP contribution < -0.4 is 15.2 Å². The molecule has 3 N–H and O–H groups in total. The monoisotopic (exact) mass is 407 g/mol. The van der Waals surface area contributed by atoms with E-state index in [2.05, 4.69) is 20.3 Å². The van der Waals surface area contributed by atoms with Crippen molar-refractivity contribution in [3.63, 3.8) is 0 Å². The van der Waals surface area contributed by atoms with Gasteiger partial charge in [0, 0.05) is 29.0 Å². The van der Waals surface area contributed by atoms with Gasteiger partial charge in [0.05, 0.1) is 17.5 Å². The molecule has 0 atom stereocenters. The Labute approximate surface area is 167 Å². The minimum absolute atomic E-state index is 0.0394. The summed E-state index contributed by atoms with van der Waals surface area (Å²) in [5.74, 6) is 0.922. The molecule has 0 unspecified atom stereocenters. The largest absolute Gasteiger partial charge is 0.481 e. The first-order valence-corrected chi connectivity index (χ1v) is 10.1. The van der Waals surface area contributed by atoms with Crippen molar-refractivity contribution in [3.8, 4) is 17.0 Å². The number of sulfonamides is 1. The minimum Gasteiger partial charge on any atom is -0.481 e. The summed E-state index contributed by atoms with van der Waals surface area (Å²) >= 11 is 0. The third kappa shape index (κ3) is 4.00. The zero-order valence-electron chi connectivity index (χ0n) is 15.4. The van der Waals surface area contributed by atoms with Crippen molar-refractivity contribution < 1.29 is 13.2 Å². The number of rotatable bonds is 5. The first-order chi connectivity index (χ1) is 13.9. The number of primary sulfonamides is 1. The maximum Gasteiger partial charge on any atom is 0.238 e. The highest BCUT2D eigenvalue weighted by molar-refractivity contribution is 7.89. The van der Waals surface area contributed by atoms with E-state index in [1.165, 1.54) is 12.1 Å². The summed E-state index contributed by atoms with van der Waals surface area (Å²) in [6, 6.07) is 15.7. The second kappa shape index (κ2) is 7.46. The van der Waals surface area contributed by atoms with E-state index < -0.39 is 10.0 Å². The molecule has 0 radical (unpaired) electrons. The van der Waals surface area contributed by atoms with Gasteiger partial charge in [0.1, 0.15) is 0 Å². The van der Waals surface area contributed by atoms with Crippen LogP contribution >= 0.6 is 0 Å². The van der Waals surface area contributed by atoms with Gasteiger partial charge in [-0.15, -0.1) is 0 Å². The molecular formula is C20H17N5O3S. The van der Waals surface area contributed by atoms with Crippen LogP contribution in [0.25, 0.3) is 22.0 Å². The Hall–Kier alpha value is -3.56. The van der Waals surface area contributed by atoms with Crippen LogP contribution in [0, 0.1) is 0 Å². The topological polar surface area (TPSA) is 120 Å². The molecule has 2 aromatic heterocycles. The summed E-state index contributed by atoms with van der Waals surface area (Å²) < 4.78 is 28.1. The molecule has 9 heteroatoms. The Kier molecular flexibility index (Phi) is 4.83. The fourth-order valence-electron chi connectivity index (χ4n) is 2.88. The van der Waals surface area contributed by atoms with Crippen molar-refractivity contribution in [2.24, 2.45) is 5.14 Å². The van der Waals surface area contributed by atoms with Crippen molar-refractivity contribution >= 4 is 32.6 Å². The van der Waals surface area contributed by atoms with Crippen molar-refractivity contribution in [2.45, 2.75) is 4.90 Å². The normalized spacial score (nSPS) is 11.4. The molecule has 2 aromatic carbocycles. The Morgan fingerprint density at radius 1 is 1.03 bits per heavy atom. The van der Waals surface area contributed by atoms with Crippen LogP contribution in [0.2, 0.25) is 0 Å². The van der Waals surface area contributed by atoms with E-state index in [1.807, 2.05) is 30.3 Å². The third-order valence-electron chi connectivity index (χ3n) is 4.30. The number of hydrogen-bond donors (Lipinski definition) is 2. The number of ether oxygens (including phenoxy) is 1. The van der Waals surface area contributed by atoms with Gasteiger partial charge in [0.25, 0.3) is 0 Å². The third-order valence-corrected chi connectivity index (χ3v) is 5.23. The quantitative estimate of drug-likeness (QED) is 0.521. The van der Waals surface area contributed by atoms with Gasteiger partial charge < -0.3 is 10.1 Å². The van der Waals surface area contributed by atoms with E-state index in [-0.39, 0.29) is 4.90 Å². The molecule has 0 fully saturated rings. The average Bonchev–Trinajstić information content (AvgIpc) is 2.73. The molecule has 146 valence electrons. The molecule has 4 rings (SSSR count). The van der Waals surface area contributed by atoms with Gasteiger partial charge in [-0.25, -0.2) is 28.5 Å². The Morgan fingerprint density at radius 3 is 2.55 bits per heavy atom. The lowest BCUT2D eigenvalue weighted by Crippen LogP contribution is -2.11. The van der Waals surface area contributed by atoms with Gasteiger partial charge in [-0.1, -0.05) is 12.1 Å². The smallest absolute Gasteiger partial charge is 0.238 e. The van der Waals surface area contributed by atoms with Crippen LogP contribution in [-0.2, 0) is 10.0 Å². The molecule has 8 nitrogen and oxygen atoms in total. The molecule has 0 bridgehead atoms. The van der Waals surface area contributed by atoms with E-state index in [0.717, 1.165) is 22.0 Å². The Balaban J connectivity index is 1.66. The molecule has 29 heavy (non-hydrogen) atoms. The van der Waals surface area contributed by atoms with Gasteiger partial charge in [-0.05, 0) is 48.0 Å². The first-order valence-electron chi connectivity index (χ1n) is 8.60. The van der Waals surface area contributed by atoms with Crippen LogP contribution in [-0.4, -0.2) is 30.5 Å². The first kappa shape index (κ1) is 18.8. The molecule has 4 aromatic rings. The van der Waals surface area contributed by atoms with Crippen LogP contribution in [0.4, 0.5) is 11.6 Å². The van der Waals surface area contributed by atoms with Crippen molar-refractivity contribution in [1.82, 2.24) is 15.0 Å². The number of pyridine rings is 1. The molecule has 0 aliphatic heterocycles. The number of anilines is 2. The molecule has 0 saturated heterocycles. The van der Waals surface area contributed by atoms with Gasteiger partial charge >= 0.3 is 0 Å². The van der Waals surface area contributed by atoms with E-state index in [4.69, 9.17) is 9.88 Å². The maximum absolute atomic E-state index is 11.4. The highest BCUT2D eigenvalue weighted by Gasteiger charge is 2.10. The average molecular weight is 407 g/mol. The van der Waals surface area contributed by atoms with E-state index in [1.54, 1.807) is 31.6 Å².